The topological polar surface area (TPSA) is 76.0 Å². The lowest BCUT2D eigenvalue weighted by Crippen LogP contribution is -2.62. The molecule has 0 radical (unpaired) electrons. The van der Waals surface area contributed by atoms with Gasteiger partial charge in [0.25, 0.3) is 5.91 Å². The summed E-state index contributed by atoms with van der Waals surface area (Å²) in [5.41, 5.74) is 0.251. The van der Waals surface area contributed by atoms with E-state index >= 15 is 0 Å². The van der Waals surface area contributed by atoms with Crippen molar-refractivity contribution in [2.45, 2.75) is 6.04 Å². The number of carbonyl (C=O) groups is 1. The Balaban J connectivity index is 1.63. The van der Waals surface area contributed by atoms with E-state index in [1.54, 1.807) is 4.90 Å². The molecule has 20 heavy (non-hydrogen) atoms. The van der Waals surface area contributed by atoms with Gasteiger partial charge in [-0.2, -0.15) is 0 Å². The monoisotopic (exact) mass is 277 g/mol. The van der Waals surface area contributed by atoms with Crippen molar-refractivity contribution in [2.24, 2.45) is 0 Å². The number of nitrogens with zero attached hydrogens (tertiary/aromatic N) is 2. The molecule has 3 rings (SSSR count). The summed E-state index contributed by atoms with van der Waals surface area (Å²) in [5.74, 6) is -0.379. The fourth-order valence-electron chi connectivity index (χ4n) is 2.69. The van der Waals surface area contributed by atoms with Gasteiger partial charge in [0, 0.05) is 51.4 Å². The maximum absolute atomic E-state index is 12.3. The summed E-state index contributed by atoms with van der Waals surface area (Å²) in [6, 6.07) is 4.69. The van der Waals surface area contributed by atoms with Crippen LogP contribution in [0.1, 0.15) is 10.4 Å². The highest BCUT2D eigenvalue weighted by Crippen LogP contribution is 2.24. The van der Waals surface area contributed by atoms with Crippen LogP contribution in [0.25, 0.3) is 0 Å². The molecule has 3 N–H and O–H groups in total. The van der Waals surface area contributed by atoms with Crippen molar-refractivity contribution in [1.82, 2.24) is 15.1 Å². The van der Waals surface area contributed by atoms with Crippen LogP contribution in [0.2, 0.25) is 0 Å². The van der Waals surface area contributed by atoms with E-state index in [1.165, 1.54) is 18.2 Å². The number of hydrogen-bond acceptors (Lipinski definition) is 5. The van der Waals surface area contributed by atoms with Gasteiger partial charge in [0.05, 0.1) is 5.56 Å². The van der Waals surface area contributed by atoms with Gasteiger partial charge in [0.15, 0.2) is 0 Å². The van der Waals surface area contributed by atoms with Crippen molar-refractivity contribution in [1.29, 1.82) is 0 Å². The first-order chi connectivity index (χ1) is 9.65. The average Bonchev–Trinajstić information content (AvgIpc) is 2.37. The van der Waals surface area contributed by atoms with Gasteiger partial charge in [-0.05, 0) is 12.1 Å². The van der Waals surface area contributed by atoms with Crippen LogP contribution in [-0.4, -0.2) is 71.2 Å². The van der Waals surface area contributed by atoms with Gasteiger partial charge in [-0.15, -0.1) is 0 Å². The molecule has 1 aromatic carbocycles. The van der Waals surface area contributed by atoms with Gasteiger partial charge in [0.2, 0.25) is 0 Å². The van der Waals surface area contributed by atoms with E-state index in [0.717, 1.165) is 26.2 Å². The molecule has 0 aromatic heterocycles. The molecule has 108 valence electrons. The number of benzene rings is 1. The molecule has 2 aliphatic rings. The third kappa shape index (κ3) is 2.44. The molecule has 0 aliphatic carbocycles. The lowest BCUT2D eigenvalue weighted by Gasteiger charge is -2.43. The summed E-state index contributed by atoms with van der Waals surface area (Å²) < 4.78 is 0. The maximum atomic E-state index is 12.3. The number of amides is 1. The van der Waals surface area contributed by atoms with Crippen LogP contribution in [0.4, 0.5) is 0 Å². The van der Waals surface area contributed by atoms with Gasteiger partial charge >= 0.3 is 0 Å². The van der Waals surface area contributed by atoms with E-state index in [-0.39, 0.29) is 23.0 Å². The van der Waals surface area contributed by atoms with E-state index in [2.05, 4.69) is 10.2 Å². The number of phenols is 2. The quantitative estimate of drug-likeness (QED) is 0.699. The van der Waals surface area contributed by atoms with E-state index < -0.39 is 0 Å². The fourth-order valence-corrected chi connectivity index (χ4v) is 2.69. The second-order valence-corrected chi connectivity index (χ2v) is 5.34. The molecule has 2 heterocycles. The number of phenolic OH excluding ortho intramolecular Hbond substituents is 2. The first-order valence-corrected chi connectivity index (χ1v) is 6.91. The highest BCUT2D eigenvalue weighted by atomic mass is 16.3. The minimum absolute atomic E-state index is 0.0404. The molecule has 1 aromatic rings. The Morgan fingerprint density at radius 1 is 1.15 bits per heavy atom. The highest BCUT2D eigenvalue weighted by molar-refractivity contribution is 5.97. The highest BCUT2D eigenvalue weighted by Gasteiger charge is 2.30. The van der Waals surface area contributed by atoms with Crippen molar-refractivity contribution >= 4 is 5.91 Å². The minimum Gasteiger partial charge on any atom is -0.508 e. The summed E-state index contributed by atoms with van der Waals surface area (Å²) in [7, 11) is 0. The summed E-state index contributed by atoms with van der Waals surface area (Å²) in [6.45, 7) is 5.17. The second kappa shape index (κ2) is 5.30. The molecule has 1 amide bonds. The Morgan fingerprint density at radius 2 is 1.85 bits per heavy atom. The number of aromatic hydroxyl groups is 2. The van der Waals surface area contributed by atoms with Crippen LogP contribution < -0.4 is 5.32 Å². The van der Waals surface area contributed by atoms with Crippen molar-refractivity contribution < 1.29 is 15.0 Å². The summed E-state index contributed by atoms with van der Waals surface area (Å²) in [4.78, 5) is 16.5. The SMILES string of the molecule is O=C(c1ccc(O)cc1O)N1CCN(C2CNC2)CC1. The Kier molecular flexibility index (Phi) is 3.50. The molecule has 0 saturated carbocycles. The smallest absolute Gasteiger partial charge is 0.257 e. The standard InChI is InChI=1S/C14H19N3O3/c18-11-1-2-12(13(19)7-11)14(20)17-5-3-16(4-6-17)10-8-15-9-10/h1-2,7,10,15,18-19H,3-6,8-9H2. The maximum Gasteiger partial charge on any atom is 0.257 e. The van der Waals surface area contributed by atoms with Crippen molar-refractivity contribution in [3.05, 3.63) is 23.8 Å². The van der Waals surface area contributed by atoms with E-state index in [0.29, 0.717) is 19.1 Å². The Labute approximate surface area is 117 Å². The number of piperazine rings is 1. The summed E-state index contributed by atoms with van der Waals surface area (Å²) in [6.07, 6.45) is 0. The molecule has 6 nitrogen and oxygen atoms in total. The predicted octanol–water partition coefficient (Wildman–Crippen LogP) is -0.173. The van der Waals surface area contributed by atoms with Crippen LogP contribution >= 0.6 is 0 Å². The van der Waals surface area contributed by atoms with Gasteiger partial charge in [-0.3, -0.25) is 9.69 Å². The molecule has 2 aliphatic heterocycles. The van der Waals surface area contributed by atoms with Crippen molar-refractivity contribution in [3.63, 3.8) is 0 Å². The third-order valence-corrected chi connectivity index (χ3v) is 4.09. The van der Waals surface area contributed by atoms with Crippen LogP contribution in [0.3, 0.4) is 0 Å². The molecule has 6 heteroatoms. The zero-order chi connectivity index (χ0) is 14.1. The van der Waals surface area contributed by atoms with Gasteiger partial charge in [-0.25, -0.2) is 0 Å². The Bertz CT molecular complexity index is 508. The van der Waals surface area contributed by atoms with E-state index in [9.17, 15) is 15.0 Å². The van der Waals surface area contributed by atoms with Crippen LogP contribution in [0.5, 0.6) is 11.5 Å². The summed E-state index contributed by atoms with van der Waals surface area (Å²) in [5, 5.41) is 22.3. The normalized spacial score (nSPS) is 20.7. The molecule has 0 atom stereocenters. The van der Waals surface area contributed by atoms with Gasteiger partial charge in [-0.1, -0.05) is 0 Å². The fraction of sp³-hybridized carbons (Fsp3) is 0.500. The van der Waals surface area contributed by atoms with Crippen LogP contribution in [0, 0.1) is 0 Å². The van der Waals surface area contributed by atoms with Crippen molar-refractivity contribution in [3.8, 4) is 11.5 Å². The molecule has 2 fully saturated rings. The third-order valence-electron chi connectivity index (χ3n) is 4.09. The molecular formula is C14H19N3O3. The molecular weight excluding hydrogens is 258 g/mol. The average molecular weight is 277 g/mol. The zero-order valence-electron chi connectivity index (χ0n) is 11.2. The minimum atomic E-state index is -0.172. The largest absolute Gasteiger partial charge is 0.508 e. The number of hydrogen-bond donors (Lipinski definition) is 3. The molecule has 0 spiro atoms. The first-order valence-electron chi connectivity index (χ1n) is 6.91. The zero-order valence-corrected chi connectivity index (χ0v) is 11.2. The number of carbonyl (C=O) groups excluding carboxylic acids is 1. The Morgan fingerprint density at radius 3 is 2.40 bits per heavy atom. The number of rotatable bonds is 2. The molecule has 2 saturated heterocycles. The van der Waals surface area contributed by atoms with Crippen molar-refractivity contribution in [2.75, 3.05) is 39.3 Å². The first kappa shape index (κ1) is 13.2. The lowest BCUT2D eigenvalue weighted by atomic mass is 10.1. The van der Waals surface area contributed by atoms with Crippen LogP contribution in [0.15, 0.2) is 18.2 Å². The van der Waals surface area contributed by atoms with E-state index in [4.69, 9.17) is 0 Å². The molecule has 0 bridgehead atoms. The predicted molar refractivity (Wildman–Crippen MR) is 73.9 cm³/mol. The van der Waals surface area contributed by atoms with Gasteiger partial charge < -0.3 is 20.4 Å². The van der Waals surface area contributed by atoms with Gasteiger partial charge in [0.1, 0.15) is 11.5 Å². The number of nitrogens with one attached hydrogen (secondary N) is 1. The Hall–Kier alpha value is -1.79. The lowest BCUT2D eigenvalue weighted by molar-refractivity contribution is 0.0500. The van der Waals surface area contributed by atoms with Crippen LogP contribution in [-0.2, 0) is 0 Å². The van der Waals surface area contributed by atoms with E-state index in [1.807, 2.05) is 0 Å². The molecule has 0 unspecified atom stereocenters. The second-order valence-electron chi connectivity index (χ2n) is 5.34. The summed E-state index contributed by atoms with van der Waals surface area (Å²) >= 11 is 0.